The molecule has 2 fully saturated rings. The number of nitrogens with zero attached hydrogens (tertiary/aromatic N) is 4. The van der Waals surface area contributed by atoms with Gasteiger partial charge >= 0.3 is 0 Å². The second-order valence-electron chi connectivity index (χ2n) is 8.04. The summed E-state index contributed by atoms with van der Waals surface area (Å²) in [6, 6.07) is 15.1. The number of carbonyl (C=O) groups is 1. The molecule has 5 nitrogen and oxygen atoms in total. The zero-order valence-electron chi connectivity index (χ0n) is 15.8. The van der Waals surface area contributed by atoms with E-state index in [0.717, 1.165) is 42.3 Å². The van der Waals surface area contributed by atoms with Gasteiger partial charge in [0.1, 0.15) is 5.52 Å². The number of benzene rings is 2. The number of amides is 1. The third kappa shape index (κ3) is 2.82. The van der Waals surface area contributed by atoms with Gasteiger partial charge in [-0.05, 0) is 67.9 Å². The van der Waals surface area contributed by atoms with Crippen molar-refractivity contribution in [2.24, 2.45) is 7.05 Å². The van der Waals surface area contributed by atoms with Crippen LogP contribution in [0, 0.1) is 6.92 Å². The molecule has 0 aliphatic heterocycles. The molecule has 5 rings (SSSR count). The van der Waals surface area contributed by atoms with Crippen LogP contribution in [0.4, 0.5) is 0 Å². The summed E-state index contributed by atoms with van der Waals surface area (Å²) in [5, 5.41) is 8.16. The van der Waals surface area contributed by atoms with E-state index in [-0.39, 0.29) is 5.91 Å². The predicted octanol–water partition coefficient (Wildman–Crippen LogP) is 3.83. The SMILES string of the molecule is Cc1ccccc1C1CC(N(C(=O)c2ccc3nnn(C)c3c2)C2CC2)C1. The number of fused-ring (bicyclic) bond motifs is 1. The lowest BCUT2D eigenvalue weighted by molar-refractivity contribution is 0.0517. The van der Waals surface area contributed by atoms with Gasteiger partial charge in [0.2, 0.25) is 0 Å². The van der Waals surface area contributed by atoms with Crippen molar-refractivity contribution in [3.05, 3.63) is 59.2 Å². The van der Waals surface area contributed by atoms with Crippen molar-refractivity contribution in [3.63, 3.8) is 0 Å². The van der Waals surface area contributed by atoms with Crippen LogP contribution < -0.4 is 0 Å². The van der Waals surface area contributed by atoms with Crippen LogP contribution in [-0.4, -0.2) is 37.9 Å². The maximum atomic E-state index is 13.3. The minimum Gasteiger partial charge on any atom is -0.333 e. The fraction of sp³-hybridized carbons (Fsp3) is 0.409. The predicted molar refractivity (Wildman–Crippen MR) is 105 cm³/mol. The second kappa shape index (κ2) is 6.19. The molecular formula is C22H24N4O. The van der Waals surface area contributed by atoms with Crippen molar-refractivity contribution in [2.45, 2.75) is 50.6 Å². The van der Waals surface area contributed by atoms with Crippen LogP contribution in [0.15, 0.2) is 42.5 Å². The first kappa shape index (κ1) is 16.5. The van der Waals surface area contributed by atoms with Crippen LogP contribution >= 0.6 is 0 Å². The molecule has 0 bridgehead atoms. The highest BCUT2D eigenvalue weighted by atomic mass is 16.2. The zero-order chi connectivity index (χ0) is 18.5. The molecule has 138 valence electrons. The fourth-order valence-electron chi connectivity index (χ4n) is 4.41. The van der Waals surface area contributed by atoms with E-state index in [1.165, 1.54) is 11.1 Å². The summed E-state index contributed by atoms with van der Waals surface area (Å²) in [7, 11) is 1.86. The molecule has 2 aromatic carbocycles. The fourth-order valence-corrected chi connectivity index (χ4v) is 4.41. The van der Waals surface area contributed by atoms with Gasteiger partial charge in [0.25, 0.3) is 5.91 Å². The van der Waals surface area contributed by atoms with Crippen molar-refractivity contribution in [1.82, 2.24) is 19.9 Å². The number of hydrogen-bond donors (Lipinski definition) is 0. The lowest BCUT2D eigenvalue weighted by Crippen LogP contribution is -2.48. The van der Waals surface area contributed by atoms with Crippen LogP contribution in [-0.2, 0) is 7.05 Å². The largest absolute Gasteiger partial charge is 0.333 e. The maximum Gasteiger partial charge on any atom is 0.254 e. The molecule has 0 unspecified atom stereocenters. The van der Waals surface area contributed by atoms with Gasteiger partial charge in [0.05, 0.1) is 5.52 Å². The van der Waals surface area contributed by atoms with Crippen molar-refractivity contribution in [2.75, 3.05) is 0 Å². The van der Waals surface area contributed by atoms with E-state index in [1.54, 1.807) is 4.68 Å². The Kier molecular flexibility index (Phi) is 3.78. The molecule has 3 aromatic rings. The van der Waals surface area contributed by atoms with Crippen LogP contribution in [0.25, 0.3) is 11.0 Å². The molecule has 5 heteroatoms. The van der Waals surface area contributed by atoms with Crippen LogP contribution in [0.3, 0.4) is 0 Å². The molecule has 0 spiro atoms. The number of aromatic nitrogens is 3. The molecule has 0 saturated heterocycles. The molecule has 0 atom stereocenters. The number of aryl methyl sites for hydroxylation is 2. The van der Waals surface area contributed by atoms with Crippen LogP contribution in [0.2, 0.25) is 0 Å². The summed E-state index contributed by atoms with van der Waals surface area (Å²) in [6.45, 7) is 2.18. The summed E-state index contributed by atoms with van der Waals surface area (Å²) in [5.74, 6) is 0.739. The topological polar surface area (TPSA) is 51.0 Å². The Labute approximate surface area is 159 Å². The summed E-state index contributed by atoms with van der Waals surface area (Å²) in [6.07, 6.45) is 4.41. The average molecular weight is 360 g/mol. The molecule has 0 radical (unpaired) electrons. The zero-order valence-corrected chi connectivity index (χ0v) is 15.8. The quantitative estimate of drug-likeness (QED) is 0.710. The number of hydrogen-bond acceptors (Lipinski definition) is 3. The molecule has 1 aromatic heterocycles. The van der Waals surface area contributed by atoms with Gasteiger partial charge in [-0.25, -0.2) is 4.68 Å². The number of rotatable bonds is 4. The van der Waals surface area contributed by atoms with Crippen molar-refractivity contribution in [1.29, 1.82) is 0 Å². The smallest absolute Gasteiger partial charge is 0.254 e. The summed E-state index contributed by atoms with van der Waals surface area (Å²) < 4.78 is 1.73. The third-order valence-corrected chi connectivity index (χ3v) is 6.17. The van der Waals surface area contributed by atoms with Gasteiger partial charge in [0.15, 0.2) is 0 Å². The lowest BCUT2D eigenvalue weighted by Gasteiger charge is -2.44. The Morgan fingerprint density at radius 3 is 2.63 bits per heavy atom. The Hall–Kier alpha value is -2.69. The standard InChI is InChI=1S/C22H24N4O/c1-14-5-3-4-6-19(14)16-11-18(12-16)26(17-8-9-17)22(27)15-7-10-20-21(13-15)25(2)24-23-20/h3-7,10,13,16-18H,8-9,11-12H2,1-2H3. The maximum absolute atomic E-state index is 13.3. The van der Waals surface area contributed by atoms with Gasteiger partial charge in [-0.2, -0.15) is 0 Å². The van der Waals surface area contributed by atoms with E-state index in [1.807, 2.05) is 25.2 Å². The highest BCUT2D eigenvalue weighted by Crippen LogP contribution is 2.45. The first-order valence-electron chi connectivity index (χ1n) is 9.79. The summed E-state index contributed by atoms with van der Waals surface area (Å²) in [4.78, 5) is 15.5. The molecule has 0 N–H and O–H groups in total. The van der Waals surface area contributed by atoms with Gasteiger partial charge in [-0.15, -0.1) is 5.10 Å². The summed E-state index contributed by atoms with van der Waals surface area (Å²) >= 11 is 0. The second-order valence-corrected chi connectivity index (χ2v) is 8.04. The van der Waals surface area contributed by atoms with Gasteiger partial charge in [-0.1, -0.05) is 29.5 Å². The molecule has 2 aliphatic carbocycles. The van der Waals surface area contributed by atoms with Gasteiger partial charge in [-0.3, -0.25) is 4.79 Å². The highest BCUT2D eigenvalue weighted by molar-refractivity contribution is 5.98. The minimum atomic E-state index is 0.161. The first-order valence-corrected chi connectivity index (χ1v) is 9.79. The Balaban J connectivity index is 1.37. The van der Waals surface area contributed by atoms with Gasteiger partial charge in [0, 0.05) is 24.7 Å². The molecule has 1 amide bonds. The molecule has 2 saturated carbocycles. The molecular weight excluding hydrogens is 336 g/mol. The molecule has 1 heterocycles. The average Bonchev–Trinajstić information content (AvgIpc) is 3.41. The van der Waals surface area contributed by atoms with Crippen molar-refractivity contribution in [3.8, 4) is 0 Å². The highest BCUT2D eigenvalue weighted by Gasteiger charge is 2.44. The first-order chi connectivity index (χ1) is 13.1. The lowest BCUT2D eigenvalue weighted by atomic mass is 9.73. The van der Waals surface area contributed by atoms with E-state index in [4.69, 9.17) is 0 Å². The summed E-state index contributed by atoms with van der Waals surface area (Å²) in [5.41, 5.74) is 5.29. The Morgan fingerprint density at radius 2 is 1.89 bits per heavy atom. The number of carbonyl (C=O) groups excluding carboxylic acids is 1. The van der Waals surface area contributed by atoms with Gasteiger partial charge < -0.3 is 4.90 Å². The van der Waals surface area contributed by atoms with Crippen LogP contribution in [0.1, 0.15) is 53.1 Å². The monoisotopic (exact) mass is 360 g/mol. The molecule has 27 heavy (non-hydrogen) atoms. The Bertz CT molecular complexity index is 1010. The van der Waals surface area contributed by atoms with E-state index >= 15 is 0 Å². The van der Waals surface area contributed by atoms with E-state index in [2.05, 4.69) is 46.4 Å². The van der Waals surface area contributed by atoms with Crippen molar-refractivity contribution < 1.29 is 4.79 Å². The minimum absolute atomic E-state index is 0.161. The van der Waals surface area contributed by atoms with Crippen molar-refractivity contribution >= 4 is 16.9 Å². The van der Waals surface area contributed by atoms with E-state index in [0.29, 0.717) is 18.0 Å². The Morgan fingerprint density at radius 1 is 1.11 bits per heavy atom. The normalized spacial score (nSPS) is 21.9. The van der Waals surface area contributed by atoms with Crippen LogP contribution in [0.5, 0.6) is 0 Å². The third-order valence-electron chi connectivity index (χ3n) is 6.17. The van der Waals surface area contributed by atoms with E-state index in [9.17, 15) is 4.79 Å². The molecule has 2 aliphatic rings. The van der Waals surface area contributed by atoms with E-state index < -0.39 is 0 Å².